The number of hydrogen-bond donors (Lipinski definition) is 3. The molecule has 3 N–H and O–H groups in total. The highest BCUT2D eigenvalue weighted by molar-refractivity contribution is 7.91. The highest BCUT2D eigenvalue weighted by Crippen LogP contribution is 2.29. The van der Waals surface area contributed by atoms with Gasteiger partial charge in [0.2, 0.25) is 16.0 Å². The number of aromatic nitrogens is 4. The molecule has 166 valence electrons. The number of rotatable bonds is 6. The Bertz CT molecular complexity index is 1330. The Morgan fingerprint density at radius 2 is 1.91 bits per heavy atom. The number of nitrogens with zero attached hydrogens (tertiary/aromatic N) is 3. The van der Waals surface area contributed by atoms with E-state index >= 15 is 0 Å². The average Bonchev–Trinajstić information content (AvgIpc) is 3.45. The first-order valence-corrected chi connectivity index (χ1v) is 13.0. The molecule has 0 saturated heterocycles. The molecule has 5 rings (SSSR count). The molecule has 0 amide bonds. The van der Waals surface area contributed by atoms with Crippen LogP contribution in [-0.4, -0.2) is 40.4 Å². The van der Waals surface area contributed by atoms with Gasteiger partial charge >= 0.3 is 0 Å². The average molecular weight is 489 g/mol. The van der Waals surface area contributed by atoms with Crippen LogP contribution in [0.1, 0.15) is 25.7 Å². The lowest BCUT2D eigenvalue weighted by molar-refractivity contribution is 0.386. The number of hydrogen-bond acceptors (Lipinski definition) is 7. The largest absolute Gasteiger partial charge is 0.351 e. The Labute approximate surface area is 194 Å². The maximum Gasteiger partial charge on any atom is 0.250 e. The first-order valence-electron chi connectivity index (χ1n) is 10.3. The summed E-state index contributed by atoms with van der Waals surface area (Å²) in [5.74, 6) is 0.466. The maximum atomic E-state index is 12.5. The van der Waals surface area contributed by atoms with Crippen LogP contribution in [0.15, 0.2) is 52.3 Å². The first kappa shape index (κ1) is 21.3. The Balaban J connectivity index is 1.26. The molecule has 1 saturated carbocycles. The normalized spacial score (nSPS) is 19.3. The molecule has 11 heteroatoms. The van der Waals surface area contributed by atoms with E-state index in [4.69, 9.17) is 11.6 Å². The van der Waals surface area contributed by atoms with E-state index in [9.17, 15) is 8.42 Å². The summed E-state index contributed by atoms with van der Waals surface area (Å²) in [6.45, 7) is 0. The van der Waals surface area contributed by atoms with Crippen molar-refractivity contribution in [3.05, 3.63) is 53.3 Å². The summed E-state index contributed by atoms with van der Waals surface area (Å²) in [7, 11) is -3.45. The molecule has 0 aliphatic heterocycles. The minimum atomic E-state index is -3.45. The van der Waals surface area contributed by atoms with Crippen LogP contribution < -0.4 is 10.0 Å². The zero-order chi connectivity index (χ0) is 22.1. The molecule has 0 atom stereocenters. The summed E-state index contributed by atoms with van der Waals surface area (Å²) in [4.78, 5) is 16.5. The summed E-state index contributed by atoms with van der Waals surface area (Å²) in [6, 6.07) is 9.04. The molecule has 4 heterocycles. The second-order valence-corrected chi connectivity index (χ2v) is 11.0. The third kappa shape index (κ3) is 4.49. The van der Waals surface area contributed by atoms with Crippen molar-refractivity contribution in [3.63, 3.8) is 0 Å². The van der Waals surface area contributed by atoms with Gasteiger partial charge in [-0.15, -0.1) is 11.3 Å². The standard InChI is InChI=1S/C21H21ClN6O2S2/c22-18-11-17(16-12-24-20-15(16)3-1-9-23-20)26-21(27-18)25-13-5-7-14(8-6-13)28-32(29,30)19-4-2-10-31-19/h1-4,9-14,28H,5-8H2,(H,23,24)(H,25,26,27)/t13-,14-. The Morgan fingerprint density at radius 3 is 2.69 bits per heavy atom. The van der Waals surface area contributed by atoms with E-state index < -0.39 is 10.0 Å². The predicted octanol–water partition coefficient (Wildman–Crippen LogP) is 4.44. The number of sulfonamides is 1. The second kappa shape index (κ2) is 8.78. The molecule has 1 aliphatic carbocycles. The number of fused-ring (bicyclic) bond motifs is 1. The van der Waals surface area contributed by atoms with Crippen molar-refractivity contribution in [2.75, 3.05) is 5.32 Å². The molecule has 0 bridgehead atoms. The van der Waals surface area contributed by atoms with Gasteiger partial charge in [0.1, 0.15) is 15.0 Å². The zero-order valence-corrected chi connectivity index (χ0v) is 19.3. The number of pyridine rings is 1. The number of halogens is 1. The van der Waals surface area contributed by atoms with E-state index in [0.29, 0.717) is 21.0 Å². The molecule has 1 fully saturated rings. The summed E-state index contributed by atoms with van der Waals surface area (Å²) in [5, 5.41) is 6.46. The molecular weight excluding hydrogens is 468 g/mol. The lowest BCUT2D eigenvalue weighted by Crippen LogP contribution is -2.40. The number of aromatic amines is 1. The minimum absolute atomic E-state index is 0.0743. The van der Waals surface area contributed by atoms with Gasteiger partial charge in [-0.3, -0.25) is 0 Å². The van der Waals surface area contributed by atoms with Crippen LogP contribution in [0.4, 0.5) is 5.95 Å². The molecule has 0 unspecified atom stereocenters. The van der Waals surface area contributed by atoms with Crippen LogP contribution in [0.25, 0.3) is 22.3 Å². The fourth-order valence-corrected chi connectivity index (χ4v) is 6.52. The molecule has 4 aromatic heterocycles. The van der Waals surface area contributed by atoms with Crippen molar-refractivity contribution in [2.24, 2.45) is 0 Å². The molecule has 4 aromatic rings. The van der Waals surface area contributed by atoms with Crippen molar-refractivity contribution in [1.82, 2.24) is 24.7 Å². The Morgan fingerprint density at radius 1 is 1.09 bits per heavy atom. The highest BCUT2D eigenvalue weighted by Gasteiger charge is 2.26. The Kier molecular flexibility index (Phi) is 5.85. The van der Waals surface area contributed by atoms with E-state index in [-0.39, 0.29) is 12.1 Å². The van der Waals surface area contributed by atoms with Gasteiger partial charge in [-0.05, 0) is 49.3 Å². The van der Waals surface area contributed by atoms with Crippen LogP contribution >= 0.6 is 22.9 Å². The predicted molar refractivity (Wildman–Crippen MR) is 126 cm³/mol. The molecule has 8 nitrogen and oxygen atoms in total. The van der Waals surface area contributed by atoms with Gasteiger partial charge in [-0.25, -0.2) is 28.1 Å². The minimum Gasteiger partial charge on any atom is -0.351 e. The van der Waals surface area contributed by atoms with Gasteiger partial charge in [-0.2, -0.15) is 0 Å². The van der Waals surface area contributed by atoms with Crippen molar-refractivity contribution in [2.45, 2.75) is 42.0 Å². The topological polar surface area (TPSA) is 113 Å². The molecule has 1 aliphatic rings. The third-order valence-corrected chi connectivity index (χ3v) is 8.68. The van der Waals surface area contributed by atoms with Gasteiger partial charge in [0.15, 0.2) is 0 Å². The lowest BCUT2D eigenvalue weighted by atomic mass is 9.92. The number of thiophene rings is 1. The van der Waals surface area contributed by atoms with Gasteiger partial charge in [0.25, 0.3) is 0 Å². The molecule has 32 heavy (non-hydrogen) atoms. The first-order chi connectivity index (χ1) is 15.5. The van der Waals surface area contributed by atoms with Crippen LogP contribution in [0, 0.1) is 0 Å². The number of H-pyrrole nitrogens is 1. The molecular formula is C21H21ClN6O2S2. The lowest BCUT2D eigenvalue weighted by Gasteiger charge is -2.29. The van der Waals surface area contributed by atoms with E-state index in [0.717, 1.165) is 42.3 Å². The maximum absolute atomic E-state index is 12.5. The summed E-state index contributed by atoms with van der Waals surface area (Å²) in [5.41, 5.74) is 2.41. The van der Waals surface area contributed by atoms with E-state index in [1.807, 2.05) is 18.3 Å². The summed E-state index contributed by atoms with van der Waals surface area (Å²) >= 11 is 7.51. The van der Waals surface area contributed by atoms with E-state index in [1.54, 1.807) is 29.8 Å². The van der Waals surface area contributed by atoms with Crippen LogP contribution in [0.3, 0.4) is 0 Å². The summed E-state index contributed by atoms with van der Waals surface area (Å²) < 4.78 is 28.1. The van der Waals surface area contributed by atoms with E-state index in [2.05, 4.69) is 30.0 Å². The molecule has 0 spiro atoms. The van der Waals surface area contributed by atoms with Crippen LogP contribution in [0.5, 0.6) is 0 Å². The fraction of sp³-hybridized carbons (Fsp3) is 0.286. The van der Waals surface area contributed by atoms with Gasteiger partial charge < -0.3 is 10.3 Å². The molecule has 0 aromatic carbocycles. The van der Waals surface area contributed by atoms with Crippen molar-refractivity contribution in [3.8, 4) is 11.3 Å². The quantitative estimate of drug-likeness (QED) is 0.346. The van der Waals surface area contributed by atoms with Gasteiger partial charge in [0, 0.05) is 41.5 Å². The Hall–Kier alpha value is -2.53. The van der Waals surface area contributed by atoms with Gasteiger partial charge in [0.05, 0.1) is 5.69 Å². The van der Waals surface area contributed by atoms with Crippen molar-refractivity contribution < 1.29 is 8.42 Å². The smallest absolute Gasteiger partial charge is 0.250 e. The van der Waals surface area contributed by atoms with Crippen molar-refractivity contribution >= 4 is 49.9 Å². The number of anilines is 1. The van der Waals surface area contributed by atoms with Crippen LogP contribution in [-0.2, 0) is 10.0 Å². The van der Waals surface area contributed by atoms with E-state index in [1.165, 1.54) is 11.3 Å². The third-order valence-electron chi connectivity index (χ3n) is 5.56. The number of nitrogens with one attached hydrogen (secondary N) is 3. The van der Waals surface area contributed by atoms with Gasteiger partial charge in [-0.1, -0.05) is 17.7 Å². The fourth-order valence-electron chi connectivity index (χ4n) is 4.02. The SMILES string of the molecule is O=S(=O)(N[C@H]1CC[C@H](Nc2nc(Cl)cc(-c3c[nH]c4ncccc34)n2)CC1)c1cccs1. The monoisotopic (exact) mass is 488 g/mol. The summed E-state index contributed by atoms with van der Waals surface area (Å²) in [6.07, 6.45) is 6.69. The highest BCUT2D eigenvalue weighted by atomic mass is 35.5. The zero-order valence-electron chi connectivity index (χ0n) is 17.0. The van der Waals surface area contributed by atoms with Crippen LogP contribution in [0.2, 0.25) is 5.15 Å². The second-order valence-electron chi connectivity index (χ2n) is 7.75. The molecule has 0 radical (unpaired) electrons. The van der Waals surface area contributed by atoms with Crippen molar-refractivity contribution in [1.29, 1.82) is 0 Å².